The van der Waals surface area contributed by atoms with Crippen LogP contribution >= 0.6 is 0 Å². The van der Waals surface area contributed by atoms with Crippen molar-refractivity contribution in [3.05, 3.63) is 29.8 Å². The Kier molecular flexibility index (Phi) is 4.80. The highest BCUT2D eigenvalue weighted by Crippen LogP contribution is 2.20. The summed E-state index contributed by atoms with van der Waals surface area (Å²) in [6.45, 7) is 3.67. The first-order chi connectivity index (χ1) is 9.24. The second-order valence-electron chi connectivity index (χ2n) is 5.12. The van der Waals surface area contributed by atoms with Gasteiger partial charge in [-0.15, -0.1) is 0 Å². The van der Waals surface area contributed by atoms with Gasteiger partial charge in [-0.3, -0.25) is 0 Å². The van der Waals surface area contributed by atoms with Gasteiger partial charge in [0.25, 0.3) is 0 Å². The van der Waals surface area contributed by atoms with E-state index < -0.39 is 0 Å². The Balaban J connectivity index is 1.99. The van der Waals surface area contributed by atoms with Gasteiger partial charge in [-0.2, -0.15) is 0 Å². The van der Waals surface area contributed by atoms with Crippen molar-refractivity contribution in [1.29, 1.82) is 0 Å². The van der Waals surface area contributed by atoms with Crippen LogP contribution in [-0.4, -0.2) is 35.7 Å². The van der Waals surface area contributed by atoms with Crippen LogP contribution in [0.1, 0.15) is 25.3 Å². The van der Waals surface area contributed by atoms with Gasteiger partial charge < -0.3 is 15.3 Å². The Morgan fingerprint density at radius 2 is 2.26 bits per heavy atom. The average molecular weight is 262 g/mol. The zero-order valence-electron chi connectivity index (χ0n) is 11.4. The summed E-state index contributed by atoms with van der Waals surface area (Å²) in [6, 6.07) is 7.88. The first kappa shape index (κ1) is 13.9. The number of aliphatic hydroxyl groups excluding tert-OH is 1. The molecule has 1 aromatic rings. The van der Waals surface area contributed by atoms with Gasteiger partial charge in [0.2, 0.25) is 0 Å². The lowest BCUT2D eigenvalue weighted by molar-refractivity contribution is 0.208. The van der Waals surface area contributed by atoms with Crippen molar-refractivity contribution in [3.8, 4) is 0 Å². The van der Waals surface area contributed by atoms with Crippen molar-refractivity contribution in [2.75, 3.05) is 25.0 Å². The fraction of sp³-hybridized carbons (Fsp3) is 0.533. The lowest BCUT2D eigenvalue weighted by atomic mass is 10.1. The third kappa shape index (κ3) is 3.47. The predicted molar refractivity (Wildman–Crippen MR) is 76.2 cm³/mol. The Morgan fingerprint density at radius 1 is 1.47 bits per heavy atom. The molecule has 2 rings (SSSR count). The number of hydrogen-bond donors (Lipinski definition) is 2. The molecule has 2 amide bonds. The number of carbonyl (C=O) groups excluding carboxylic acids is 1. The summed E-state index contributed by atoms with van der Waals surface area (Å²) in [5, 5.41) is 12.1. The van der Waals surface area contributed by atoms with E-state index in [1.54, 1.807) is 4.90 Å². The monoisotopic (exact) mass is 262 g/mol. The smallest absolute Gasteiger partial charge is 0.321 e. The van der Waals surface area contributed by atoms with E-state index in [4.69, 9.17) is 5.11 Å². The summed E-state index contributed by atoms with van der Waals surface area (Å²) in [5.74, 6) is 0.233. The summed E-state index contributed by atoms with van der Waals surface area (Å²) in [7, 11) is 0. The molecule has 4 heteroatoms. The van der Waals surface area contributed by atoms with Crippen LogP contribution in [0.2, 0.25) is 0 Å². The molecule has 0 aliphatic carbocycles. The SMILES string of the molecule is CCCc1ccccc1NC(=O)N1CCC(CO)C1. The van der Waals surface area contributed by atoms with Crippen LogP contribution in [-0.2, 0) is 6.42 Å². The van der Waals surface area contributed by atoms with Crippen molar-refractivity contribution in [3.63, 3.8) is 0 Å². The molecule has 4 nitrogen and oxygen atoms in total. The average Bonchev–Trinajstić information content (AvgIpc) is 2.90. The molecule has 1 unspecified atom stereocenters. The van der Waals surface area contributed by atoms with Crippen LogP contribution < -0.4 is 5.32 Å². The van der Waals surface area contributed by atoms with Crippen LogP contribution in [0.15, 0.2) is 24.3 Å². The van der Waals surface area contributed by atoms with Gasteiger partial charge in [0.1, 0.15) is 0 Å². The van der Waals surface area contributed by atoms with E-state index in [-0.39, 0.29) is 18.6 Å². The van der Waals surface area contributed by atoms with Crippen molar-refractivity contribution < 1.29 is 9.90 Å². The molecule has 19 heavy (non-hydrogen) atoms. The van der Waals surface area contributed by atoms with Gasteiger partial charge in [0.05, 0.1) is 0 Å². The highest BCUT2D eigenvalue weighted by Gasteiger charge is 2.25. The molecule has 1 fully saturated rings. The van der Waals surface area contributed by atoms with Crippen LogP contribution in [0, 0.1) is 5.92 Å². The first-order valence-electron chi connectivity index (χ1n) is 6.99. The lowest BCUT2D eigenvalue weighted by Crippen LogP contribution is -2.33. The third-order valence-electron chi connectivity index (χ3n) is 3.61. The molecule has 2 N–H and O–H groups in total. The van der Waals surface area contributed by atoms with Gasteiger partial charge in [0.15, 0.2) is 0 Å². The number of likely N-dealkylation sites (tertiary alicyclic amines) is 1. The minimum Gasteiger partial charge on any atom is -0.396 e. The highest BCUT2D eigenvalue weighted by molar-refractivity contribution is 5.90. The molecule has 1 heterocycles. The van der Waals surface area contributed by atoms with Gasteiger partial charge in [-0.1, -0.05) is 31.5 Å². The Morgan fingerprint density at radius 3 is 2.95 bits per heavy atom. The molecule has 0 spiro atoms. The number of para-hydroxylation sites is 1. The van der Waals surface area contributed by atoms with Gasteiger partial charge >= 0.3 is 6.03 Å². The molecule has 1 saturated heterocycles. The summed E-state index contributed by atoms with van der Waals surface area (Å²) >= 11 is 0. The number of anilines is 1. The molecule has 0 radical (unpaired) electrons. The number of aliphatic hydroxyl groups is 1. The molecule has 104 valence electrons. The normalized spacial score (nSPS) is 18.6. The molecule has 1 aliphatic heterocycles. The molecule has 0 aromatic heterocycles. The zero-order valence-corrected chi connectivity index (χ0v) is 11.4. The van der Waals surface area contributed by atoms with E-state index >= 15 is 0 Å². The van der Waals surface area contributed by atoms with E-state index in [1.165, 1.54) is 5.56 Å². The Bertz CT molecular complexity index is 434. The van der Waals surface area contributed by atoms with E-state index in [1.807, 2.05) is 18.2 Å². The molecule has 1 aliphatic rings. The van der Waals surface area contributed by atoms with Crippen LogP contribution in [0.3, 0.4) is 0 Å². The second kappa shape index (κ2) is 6.57. The van der Waals surface area contributed by atoms with Gasteiger partial charge in [-0.25, -0.2) is 4.79 Å². The fourth-order valence-electron chi connectivity index (χ4n) is 2.49. The highest BCUT2D eigenvalue weighted by atomic mass is 16.3. The van der Waals surface area contributed by atoms with E-state index in [0.717, 1.165) is 31.5 Å². The topological polar surface area (TPSA) is 52.6 Å². The number of aryl methyl sites for hydroxylation is 1. The van der Waals surface area contributed by atoms with E-state index in [9.17, 15) is 4.79 Å². The summed E-state index contributed by atoms with van der Waals surface area (Å²) in [5.41, 5.74) is 2.08. The summed E-state index contributed by atoms with van der Waals surface area (Å²) in [6.07, 6.45) is 2.92. The number of hydrogen-bond acceptors (Lipinski definition) is 2. The van der Waals surface area contributed by atoms with Gasteiger partial charge in [-0.05, 0) is 24.5 Å². The first-order valence-corrected chi connectivity index (χ1v) is 6.99. The maximum absolute atomic E-state index is 12.2. The molecule has 0 bridgehead atoms. The molecule has 1 atom stereocenters. The minimum absolute atomic E-state index is 0.0560. The number of nitrogens with zero attached hydrogens (tertiary/aromatic N) is 1. The van der Waals surface area contributed by atoms with Crippen molar-refractivity contribution in [2.24, 2.45) is 5.92 Å². The summed E-state index contributed by atoms with van der Waals surface area (Å²) in [4.78, 5) is 13.9. The Labute approximate surface area is 114 Å². The largest absolute Gasteiger partial charge is 0.396 e. The Hall–Kier alpha value is -1.55. The number of rotatable bonds is 4. The van der Waals surface area contributed by atoms with Crippen LogP contribution in [0.4, 0.5) is 10.5 Å². The van der Waals surface area contributed by atoms with E-state index in [2.05, 4.69) is 18.3 Å². The molecular weight excluding hydrogens is 240 g/mol. The van der Waals surface area contributed by atoms with Crippen molar-refractivity contribution in [2.45, 2.75) is 26.2 Å². The molecule has 0 saturated carbocycles. The molecule has 1 aromatic carbocycles. The van der Waals surface area contributed by atoms with Crippen molar-refractivity contribution >= 4 is 11.7 Å². The number of benzene rings is 1. The minimum atomic E-state index is -0.0560. The standard InChI is InChI=1S/C15H22N2O2/c1-2-5-13-6-3-4-7-14(13)16-15(19)17-9-8-12(10-17)11-18/h3-4,6-7,12,18H,2,5,8-11H2,1H3,(H,16,19). The summed E-state index contributed by atoms with van der Waals surface area (Å²) < 4.78 is 0. The number of amides is 2. The van der Waals surface area contributed by atoms with Crippen LogP contribution in [0.5, 0.6) is 0 Å². The molecular formula is C15H22N2O2. The number of nitrogens with one attached hydrogen (secondary N) is 1. The van der Waals surface area contributed by atoms with Gasteiger partial charge in [0, 0.05) is 31.3 Å². The predicted octanol–water partition coefficient (Wildman–Crippen LogP) is 2.49. The quantitative estimate of drug-likeness (QED) is 0.876. The fourth-order valence-corrected chi connectivity index (χ4v) is 2.49. The van der Waals surface area contributed by atoms with Crippen molar-refractivity contribution in [1.82, 2.24) is 4.90 Å². The third-order valence-corrected chi connectivity index (χ3v) is 3.61. The zero-order chi connectivity index (χ0) is 13.7. The van der Waals surface area contributed by atoms with Crippen LogP contribution in [0.25, 0.3) is 0 Å². The number of urea groups is 1. The van der Waals surface area contributed by atoms with E-state index in [0.29, 0.717) is 6.54 Å². The second-order valence-corrected chi connectivity index (χ2v) is 5.12. The lowest BCUT2D eigenvalue weighted by Gasteiger charge is -2.18. The number of carbonyl (C=O) groups is 1. The maximum atomic E-state index is 12.2. The maximum Gasteiger partial charge on any atom is 0.321 e.